The molecular formula is C10H14BNO4. The normalized spacial score (nSPS) is 10.4. The number of aromatic nitrogens is 1. The number of methoxy groups -OCH3 is 1. The molecule has 0 bridgehead atoms. The average Bonchev–Trinajstić information content (AvgIpc) is 2.26. The fraction of sp³-hybridized carbons (Fsp3) is 0.400. The number of nitrogens with zero attached hydrogens (tertiary/aromatic N) is 1. The van der Waals surface area contributed by atoms with E-state index in [1.54, 1.807) is 0 Å². The molecule has 2 N–H and O–H groups in total. The number of hydrogen-bond donors (Lipinski definition) is 2. The number of pyridine rings is 1. The molecule has 1 rings (SSSR count). The first-order valence-corrected chi connectivity index (χ1v) is 4.91. The molecule has 0 atom stereocenters. The average molecular weight is 223 g/mol. The van der Waals surface area contributed by atoms with E-state index in [2.05, 4.69) is 9.72 Å². The van der Waals surface area contributed by atoms with Gasteiger partial charge in [0.05, 0.1) is 12.7 Å². The van der Waals surface area contributed by atoms with E-state index in [4.69, 9.17) is 0 Å². The maximum absolute atomic E-state index is 11.2. The van der Waals surface area contributed by atoms with Crippen molar-refractivity contribution in [3.8, 4) is 0 Å². The van der Waals surface area contributed by atoms with E-state index in [-0.39, 0.29) is 16.9 Å². The Balaban J connectivity index is 3.22. The first-order valence-electron chi connectivity index (χ1n) is 4.91. The second-order valence-electron chi connectivity index (χ2n) is 3.72. The summed E-state index contributed by atoms with van der Waals surface area (Å²) in [5, 5.41) is 18.4. The lowest BCUT2D eigenvalue weighted by atomic mass is 9.76. The van der Waals surface area contributed by atoms with Crippen LogP contribution in [0.1, 0.15) is 35.8 Å². The molecule has 1 aromatic rings. The van der Waals surface area contributed by atoms with Gasteiger partial charge in [0.15, 0.2) is 0 Å². The van der Waals surface area contributed by atoms with Gasteiger partial charge in [-0.3, -0.25) is 4.98 Å². The molecule has 0 unspecified atom stereocenters. The van der Waals surface area contributed by atoms with Gasteiger partial charge in [-0.05, 0) is 12.0 Å². The third kappa shape index (κ3) is 2.59. The number of carbonyl (C=O) groups excluding carboxylic acids is 1. The number of carbonyl (C=O) groups is 1. The van der Waals surface area contributed by atoms with Gasteiger partial charge in [-0.15, -0.1) is 0 Å². The molecule has 16 heavy (non-hydrogen) atoms. The summed E-state index contributed by atoms with van der Waals surface area (Å²) < 4.78 is 4.53. The lowest BCUT2D eigenvalue weighted by molar-refractivity contribution is 0.0600. The van der Waals surface area contributed by atoms with Gasteiger partial charge in [0, 0.05) is 17.4 Å². The van der Waals surface area contributed by atoms with Gasteiger partial charge in [0.1, 0.15) is 0 Å². The predicted octanol–water partition coefficient (Wildman–Crippen LogP) is -0.329. The highest BCUT2D eigenvalue weighted by molar-refractivity contribution is 6.59. The van der Waals surface area contributed by atoms with E-state index in [9.17, 15) is 14.8 Å². The lowest BCUT2D eigenvalue weighted by Crippen LogP contribution is -2.35. The van der Waals surface area contributed by atoms with Crippen molar-refractivity contribution >= 4 is 18.6 Å². The van der Waals surface area contributed by atoms with Gasteiger partial charge in [-0.25, -0.2) is 4.79 Å². The Hall–Kier alpha value is -1.40. The van der Waals surface area contributed by atoms with Crippen LogP contribution in [-0.2, 0) is 4.74 Å². The molecule has 1 aromatic heterocycles. The van der Waals surface area contributed by atoms with Crippen LogP contribution in [0.2, 0.25) is 0 Å². The van der Waals surface area contributed by atoms with Crippen LogP contribution < -0.4 is 5.46 Å². The third-order valence-corrected chi connectivity index (χ3v) is 2.20. The Morgan fingerprint density at radius 2 is 2.12 bits per heavy atom. The Kier molecular flexibility index (Phi) is 4.03. The summed E-state index contributed by atoms with van der Waals surface area (Å²) in [5.74, 6) is -0.506. The van der Waals surface area contributed by atoms with Gasteiger partial charge in [-0.2, -0.15) is 0 Å². The molecule has 0 aromatic carbocycles. The molecule has 0 aliphatic carbocycles. The number of hydrogen-bond acceptors (Lipinski definition) is 5. The largest absolute Gasteiger partial charge is 0.490 e. The molecule has 0 fully saturated rings. The highest BCUT2D eigenvalue weighted by Crippen LogP contribution is 2.10. The Morgan fingerprint density at radius 3 is 2.56 bits per heavy atom. The van der Waals surface area contributed by atoms with Crippen molar-refractivity contribution in [3.05, 3.63) is 23.5 Å². The zero-order valence-corrected chi connectivity index (χ0v) is 9.47. The zero-order chi connectivity index (χ0) is 12.3. The first-order chi connectivity index (χ1) is 7.47. The molecule has 1 heterocycles. The van der Waals surface area contributed by atoms with Gasteiger partial charge in [0.25, 0.3) is 0 Å². The summed E-state index contributed by atoms with van der Waals surface area (Å²) >= 11 is 0. The van der Waals surface area contributed by atoms with E-state index < -0.39 is 13.1 Å². The Bertz CT molecular complexity index is 392. The summed E-state index contributed by atoms with van der Waals surface area (Å²) in [5.41, 5.74) is 0.996. The SMILES string of the molecule is COC(=O)c1cnc(C(C)C)c(B(O)O)c1. The van der Waals surface area contributed by atoms with E-state index >= 15 is 0 Å². The smallest absolute Gasteiger partial charge is 0.465 e. The van der Waals surface area contributed by atoms with Crippen LogP contribution in [0.25, 0.3) is 0 Å². The van der Waals surface area contributed by atoms with E-state index in [1.165, 1.54) is 19.4 Å². The molecule has 5 nitrogen and oxygen atoms in total. The van der Waals surface area contributed by atoms with Crippen LogP contribution in [-0.4, -0.2) is 35.2 Å². The number of rotatable bonds is 3. The third-order valence-electron chi connectivity index (χ3n) is 2.20. The van der Waals surface area contributed by atoms with Crippen molar-refractivity contribution in [2.75, 3.05) is 7.11 Å². The molecule has 86 valence electrons. The van der Waals surface area contributed by atoms with Crippen molar-refractivity contribution in [2.24, 2.45) is 0 Å². The van der Waals surface area contributed by atoms with Gasteiger partial charge in [0.2, 0.25) is 0 Å². The van der Waals surface area contributed by atoms with Crippen molar-refractivity contribution in [1.82, 2.24) is 4.98 Å². The minimum Gasteiger partial charge on any atom is -0.465 e. The zero-order valence-electron chi connectivity index (χ0n) is 9.47. The van der Waals surface area contributed by atoms with Crippen LogP contribution in [0.15, 0.2) is 12.3 Å². The molecular weight excluding hydrogens is 209 g/mol. The standard InChI is InChI=1S/C10H14BNO4/c1-6(2)9-8(11(14)15)4-7(5-12-9)10(13)16-3/h4-6,14-15H,1-3H3. The lowest BCUT2D eigenvalue weighted by Gasteiger charge is -2.11. The van der Waals surface area contributed by atoms with Crippen molar-refractivity contribution in [2.45, 2.75) is 19.8 Å². The van der Waals surface area contributed by atoms with Gasteiger partial charge >= 0.3 is 13.1 Å². The summed E-state index contributed by atoms with van der Waals surface area (Å²) in [6, 6.07) is 1.39. The maximum Gasteiger partial charge on any atom is 0.490 e. The predicted molar refractivity (Wildman–Crippen MR) is 59.5 cm³/mol. The molecule has 0 aliphatic rings. The molecule has 0 radical (unpaired) electrons. The first kappa shape index (κ1) is 12.7. The van der Waals surface area contributed by atoms with Crippen LogP contribution in [0.5, 0.6) is 0 Å². The summed E-state index contributed by atoms with van der Waals surface area (Å²) in [7, 11) is -0.386. The van der Waals surface area contributed by atoms with Crippen LogP contribution in [0.4, 0.5) is 0 Å². The highest BCUT2D eigenvalue weighted by atomic mass is 16.5. The molecule has 0 aliphatic heterocycles. The fourth-order valence-electron chi connectivity index (χ4n) is 1.41. The van der Waals surface area contributed by atoms with Crippen molar-refractivity contribution in [1.29, 1.82) is 0 Å². The molecule has 0 amide bonds. The van der Waals surface area contributed by atoms with E-state index in [0.717, 1.165) is 0 Å². The Labute approximate surface area is 94.2 Å². The van der Waals surface area contributed by atoms with Crippen LogP contribution >= 0.6 is 0 Å². The minimum atomic E-state index is -1.64. The monoisotopic (exact) mass is 223 g/mol. The number of esters is 1. The van der Waals surface area contributed by atoms with E-state index in [0.29, 0.717) is 5.69 Å². The second kappa shape index (κ2) is 5.09. The Morgan fingerprint density at radius 1 is 1.50 bits per heavy atom. The quantitative estimate of drug-likeness (QED) is 0.541. The summed E-state index contributed by atoms with van der Waals surface area (Å²) in [6.45, 7) is 3.76. The van der Waals surface area contributed by atoms with Gasteiger partial charge in [-0.1, -0.05) is 13.8 Å². The molecule has 6 heteroatoms. The van der Waals surface area contributed by atoms with Crippen molar-refractivity contribution < 1.29 is 19.6 Å². The highest BCUT2D eigenvalue weighted by Gasteiger charge is 2.21. The maximum atomic E-state index is 11.2. The van der Waals surface area contributed by atoms with E-state index in [1.807, 2.05) is 13.8 Å². The van der Waals surface area contributed by atoms with Gasteiger partial charge < -0.3 is 14.8 Å². The minimum absolute atomic E-state index is 0.0449. The second-order valence-corrected chi connectivity index (χ2v) is 3.72. The van der Waals surface area contributed by atoms with Crippen LogP contribution in [0, 0.1) is 0 Å². The molecule has 0 saturated carbocycles. The van der Waals surface area contributed by atoms with Crippen LogP contribution in [0.3, 0.4) is 0 Å². The summed E-state index contributed by atoms with van der Waals surface area (Å²) in [6.07, 6.45) is 1.37. The molecule has 0 saturated heterocycles. The topological polar surface area (TPSA) is 79.7 Å². The molecule has 0 spiro atoms. The summed E-state index contributed by atoms with van der Waals surface area (Å²) in [4.78, 5) is 15.3. The fourth-order valence-corrected chi connectivity index (χ4v) is 1.41. The van der Waals surface area contributed by atoms with Crippen molar-refractivity contribution in [3.63, 3.8) is 0 Å². The number of ether oxygens (including phenoxy) is 1.